The average molecular weight is 391 g/mol. The number of benzene rings is 1. The molecule has 8 heteroatoms. The van der Waals surface area contributed by atoms with Crippen molar-refractivity contribution in [1.82, 2.24) is 19.8 Å². The summed E-state index contributed by atoms with van der Waals surface area (Å²) in [7, 11) is 0. The molecule has 2 aromatic heterocycles. The van der Waals surface area contributed by atoms with Crippen LogP contribution in [-0.2, 0) is 0 Å². The quantitative estimate of drug-likeness (QED) is 0.735. The van der Waals surface area contributed by atoms with E-state index in [2.05, 4.69) is 15.3 Å². The van der Waals surface area contributed by atoms with Crippen LogP contribution in [-0.4, -0.2) is 57.8 Å². The van der Waals surface area contributed by atoms with Gasteiger partial charge in [0.15, 0.2) is 5.76 Å². The van der Waals surface area contributed by atoms with Crippen LogP contribution in [0.5, 0.6) is 0 Å². The minimum atomic E-state index is -0.176. The third-order valence-corrected chi connectivity index (χ3v) is 4.80. The van der Waals surface area contributed by atoms with Gasteiger partial charge in [-0.15, -0.1) is 0 Å². The molecule has 0 spiro atoms. The van der Waals surface area contributed by atoms with E-state index < -0.39 is 0 Å². The van der Waals surface area contributed by atoms with Crippen molar-refractivity contribution < 1.29 is 14.0 Å². The van der Waals surface area contributed by atoms with Crippen molar-refractivity contribution in [1.29, 1.82) is 0 Å². The Bertz CT molecular complexity index is 993. The van der Waals surface area contributed by atoms with E-state index in [0.717, 1.165) is 5.69 Å². The lowest BCUT2D eigenvalue weighted by Crippen LogP contribution is -2.50. The number of nitrogens with one attached hydrogen (secondary N) is 1. The molecule has 0 radical (unpaired) electrons. The predicted molar refractivity (Wildman–Crippen MR) is 107 cm³/mol. The summed E-state index contributed by atoms with van der Waals surface area (Å²) in [5.41, 5.74) is 2.37. The number of carbonyl (C=O) groups is 2. The Hall–Kier alpha value is -3.68. The Morgan fingerprint density at radius 3 is 2.31 bits per heavy atom. The Morgan fingerprint density at radius 2 is 1.66 bits per heavy atom. The molecule has 3 aromatic rings. The van der Waals surface area contributed by atoms with Gasteiger partial charge in [0.2, 0.25) is 0 Å². The molecule has 4 rings (SSSR count). The fourth-order valence-electron chi connectivity index (χ4n) is 3.16. The molecule has 1 aliphatic rings. The largest absolute Gasteiger partial charge is 0.459 e. The molecule has 1 N–H and O–H groups in total. The van der Waals surface area contributed by atoms with E-state index in [4.69, 9.17) is 4.42 Å². The minimum Gasteiger partial charge on any atom is -0.459 e. The zero-order chi connectivity index (χ0) is 20.2. The number of nitrogens with zero attached hydrogens (tertiary/aromatic N) is 4. The Kier molecular flexibility index (Phi) is 5.24. The second-order valence-electron chi connectivity index (χ2n) is 6.84. The lowest BCUT2D eigenvalue weighted by atomic mass is 10.2. The highest BCUT2D eigenvalue weighted by Crippen LogP contribution is 2.17. The monoisotopic (exact) mass is 391 g/mol. The van der Waals surface area contributed by atoms with Crippen LogP contribution < -0.4 is 5.32 Å². The van der Waals surface area contributed by atoms with Crippen LogP contribution in [0, 0.1) is 6.92 Å². The van der Waals surface area contributed by atoms with Crippen molar-refractivity contribution in [2.24, 2.45) is 0 Å². The molecule has 1 fully saturated rings. The Labute approximate surface area is 168 Å². The fourth-order valence-corrected chi connectivity index (χ4v) is 3.16. The van der Waals surface area contributed by atoms with Crippen LogP contribution in [0.4, 0.5) is 11.5 Å². The molecule has 0 saturated carbocycles. The van der Waals surface area contributed by atoms with Gasteiger partial charge in [-0.3, -0.25) is 9.59 Å². The number of aromatic nitrogens is 2. The molecule has 2 amide bonds. The van der Waals surface area contributed by atoms with Gasteiger partial charge in [-0.1, -0.05) is 17.7 Å². The van der Waals surface area contributed by atoms with E-state index >= 15 is 0 Å². The second-order valence-corrected chi connectivity index (χ2v) is 6.84. The smallest absolute Gasteiger partial charge is 0.289 e. The Morgan fingerprint density at radius 1 is 0.966 bits per heavy atom. The standard InChI is InChI=1S/C21H21N5O3/c1-15-4-6-16(7-5-15)24-19-13-17(22-14-23-19)20(27)25-8-10-26(11-9-25)21(28)18-3-2-12-29-18/h2-7,12-14H,8-11H2,1H3,(H,22,23,24). The van der Waals surface area contributed by atoms with Crippen molar-refractivity contribution in [3.63, 3.8) is 0 Å². The summed E-state index contributed by atoms with van der Waals surface area (Å²) in [6, 6.07) is 12.9. The van der Waals surface area contributed by atoms with E-state index in [1.165, 1.54) is 18.2 Å². The zero-order valence-corrected chi connectivity index (χ0v) is 16.0. The highest BCUT2D eigenvalue weighted by molar-refractivity contribution is 5.94. The fraction of sp³-hybridized carbons (Fsp3) is 0.238. The number of piperazine rings is 1. The van der Waals surface area contributed by atoms with E-state index in [1.54, 1.807) is 28.0 Å². The topological polar surface area (TPSA) is 91.6 Å². The summed E-state index contributed by atoms with van der Waals surface area (Å²) < 4.78 is 5.16. The molecular formula is C21H21N5O3. The molecule has 0 aliphatic carbocycles. The zero-order valence-electron chi connectivity index (χ0n) is 16.0. The number of rotatable bonds is 4. The maximum absolute atomic E-state index is 12.8. The molecule has 148 valence electrons. The maximum atomic E-state index is 12.8. The SMILES string of the molecule is Cc1ccc(Nc2cc(C(=O)N3CCN(C(=O)c4ccco4)CC3)ncn2)cc1. The number of hydrogen-bond donors (Lipinski definition) is 1. The third kappa shape index (κ3) is 4.26. The van der Waals surface area contributed by atoms with Gasteiger partial charge in [0.25, 0.3) is 11.8 Å². The van der Waals surface area contributed by atoms with Crippen molar-refractivity contribution in [2.45, 2.75) is 6.92 Å². The van der Waals surface area contributed by atoms with Gasteiger partial charge in [-0.05, 0) is 31.2 Å². The van der Waals surface area contributed by atoms with Crippen molar-refractivity contribution >= 4 is 23.3 Å². The van der Waals surface area contributed by atoms with Crippen LogP contribution in [0.15, 0.2) is 59.5 Å². The van der Waals surface area contributed by atoms with Crippen LogP contribution in [0.3, 0.4) is 0 Å². The van der Waals surface area contributed by atoms with Gasteiger partial charge in [-0.2, -0.15) is 0 Å². The third-order valence-electron chi connectivity index (χ3n) is 4.80. The van der Waals surface area contributed by atoms with Crippen molar-refractivity contribution in [3.05, 3.63) is 72.1 Å². The van der Waals surface area contributed by atoms with Gasteiger partial charge >= 0.3 is 0 Å². The molecule has 0 bridgehead atoms. The van der Waals surface area contributed by atoms with Crippen LogP contribution in [0.1, 0.15) is 26.6 Å². The van der Waals surface area contributed by atoms with E-state index in [0.29, 0.717) is 43.5 Å². The Balaban J connectivity index is 1.38. The molecular weight excluding hydrogens is 370 g/mol. The first-order valence-electron chi connectivity index (χ1n) is 9.38. The van der Waals surface area contributed by atoms with Crippen LogP contribution in [0.25, 0.3) is 0 Å². The predicted octanol–water partition coefficient (Wildman–Crippen LogP) is 2.72. The van der Waals surface area contributed by atoms with Gasteiger partial charge in [-0.25, -0.2) is 9.97 Å². The van der Waals surface area contributed by atoms with Gasteiger partial charge in [0.05, 0.1) is 6.26 Å². The molecule has 8 nitrogen and oxygen atoms in total. The van der Waals surface area contributed by atoms with E-state index in [1.807, 2.05) is 31.2 Å². The number of furan rings is 1. The summed E-state index contributed by atoms with van der Waals surface area (Å²) in [5.74, 6) is 0.532. The number of hydrogen-bond acceptors (Lipinski definition) is 6. The molecule has 1 aliphatic heterocycles. The summed E-state index contributed by atoms with van der Waals surface area (Å²) in [6.07, 6.45) is 2.85. The van der Waals surface area contributed by atoms with Crippen LogP contribution >= 0.6 is 0 Å². The first-order valence-corrected chi connectivity index (χ1v) is 9.38. The number of anilines is 2. The number of carbonyl (C=O) groups excluding carboxylic acids is 2. The van der Waals surface area contributed by atoms with E-state index in [9.17, 15) is 9.59 Å². The van der Waals surface area contributed by atoms with Crippen LogP contribution in [0.2, 0.25) is 0 Å². The highest BCUT2D eigenvalue weighted by atomic mass is 16.3. The molecule has 0 atom stereocenters. The first-order chi connectivity index (χ1) is 14.1. The van der Waals surface area contributed by atoms with Gasteiger partial charge < -0.3 is 19.5 Å². The summed E-state index contributed by atoms with van der Waals surface area (Å²) in [6.45, 7) is 3.80. The minimum absolute atomic E-state index is 0.159. The van der Waals surface area contributed by atoms with Gasteiger partial charge in [0, 0.05) is 37.9 Å². The normalized spacial score (nSPS) is 14.0. The van der Waals surface area contributed by atoms with E-state index in [-0.39, 0.29) is 11.8 Å². The maximum Gasteiger partial charge on any atom is 0.289 e. The summed E-state index contributed by atoms with van der Waals surface area (Å²) in [4.78, 5) is 36.9. The second kappa shape index (κ2) is 8.14. The molecule has 1 aromatic carbocycles. The van der Waals surface area contributed by atoms with Crippen molar-refractivity contribution in [2.75, 3.05) is 31.5 Å². The lowest BCUT2D eigenvalue weighted by Gasteiger charge is -2.34. The van der Waals surface area contributed by atoms with Crippen molar-refractivity contribution in [3.8, 4) is 0 Å². The molecule has 1 saturated heterocycles. The number of aryl methyl sites for hydroxylation is 1. The van der Waals surface area contributed by atoms with Gasteiger partial charge in [0.1, 0.15) is 17.8 Å². The molecule has 3 heterocycles. The average Bonchev–Trinajstić information content (AvgIpc) is 3.30. The first kappa shape index (κ1) is 18.7. The number of amides is 2. The highest BCUT2D eigenvalue weighted by Gasteiger charge is 2.27. The summed E-state index contributed by atoms with van der Waals surface area (Å²) >= 11 is 0. The summed E-state index contributed by atoms with van der Waals surface area (Å²) in [5, 5.41) is 3.18. The lowest BCUT2D eigenvalue weighted by molar-refractivity contribution is 0.0515. The molecule has 0 unspecified atom stereocenters. The molecule has 29 heavy (non-hydrogen) atoms.